The Kier molecular flexibility index (Phi) is 4.26. The second kappa shape index (κ2) is 5.75. The predicted octanol–water partition coefficient (Wildman–Crippen LogP) is 3.18. The van der Waals surface area contributed by atoms with E-state index < -0.39 is 15.1 Å². The molecule has 0 spiro atoms. The van der Waals surface area contributed by atoms with Crippen LogP contribution in [-0.2, 0) is 9.84 Å². The van der Waals surface area contributed by atoms with Crippen LogP contribution in [-0.4, -0.2) is 13.7 Å². The minimum atomic E-state index is -3.39. The molecule has 1 aliphatic rings. The smallest absolute Gasteiger partial charge is 0.182 e. The van der Waals surface area contributed by atoms with Gasteiger partial charge in [-0.1, -0.05) is 31.5 Å². The van der Waals surface area contributed by atoms with E-state index in [0.29, 0.717) is 23.7 Å². The predicted molar refractivity (Wildman–Crippen MR) is 74.2 cm³/mol. The largest absolute Gasteiger partial charge is 0.223 e. The van der Waals surface area contributed by atoms with Crippen molar-refractivity contribution in [2.75, 3.05) is 0 Å². The van der Waals surface area contributed by atoms with Crippen molar-refractivity contribution < 1.29 is 8.42 Å². The topological polar surface area (TPSA) is 57.9 Å². The maximum atomic E-state index is 12.7. The highest BCUT2D eigenvalue weighted by atomic mass is 32.2. The average molecular weight is 277 g/mol. The highest BCUT2D eigenvalue weighted by Gasteiger charge is 2.39. The Morgan fingerprint density at radius 3 is 2.53 bits per heavy atom. The molecule has 0 heterocycles. The van der Waals surface area contributed by atoms with Gasteiger partial charge in [0.25, 0.3) is 0 Å². The molecule has 102 valence electrons. The van der Waals surface area contributed by atoms with Gasteiger partial charge in [0.15, 0.2) is 9.84 Å². The molecule has 0 bridgehead atoms. The molecule has 1 aromatic rings. The van der Waals surface area contributed by atoms with Gasteiger partial charge in [0.1, 0.15) is 0 Å². The van der Waals surface area contributed by atoms with Gasteiger partial charge < -0.3 is 0 Å². The van der Waals surface area contributed by atoms with Crippen molar-refractivity contribution in [1.82, 2.24) is 0 Å². The van der Waals surface area contributed by atoms with Crippen LogP contribution in [0, 0.1) is 23.2 Å². The van der Waals surface area contributed by atoms with Crippen molar-refractivity contribution in [1.29, 1.82) is 5.26 Å². The Bertz CT molecular complexity index is 560. The number of benzene rings is 1. The fraction of sp³-hybridized carbons (Fsp3) is 0.533. The molecule has 0 aromatic heterocycles. The van der Waals surface area contributed by atoms with Gasteiger partial charge >= 0.3 is 0 Å². The van der Waals surface area contributed by atoms with Gasteiger partial charge in [-0.2, -0.15) is 5.26 Å². The molecule has 3 unspecified atom stereocenters. The van der Waals surface area contributed by atoms with Crippen molar-refractivity contribution in [3.8, 4) is 6.07 Å². The molecule has 0 aliphatic heterocycles. The van der Waals surface area contributed by atoms with Crippen LogP contribution in [0.2, 0.25) is 0 Å². The van der Waals surface area contributed by atoms with Crippen LogP contribution in [0.25, 0.3) is 0 Å². The second-order valence-electron chi connectivity index (χ2n) is 5.22. The molecule has 1 aliphatic carbocycles. The summed E-state index contributed by atoms with van der Waals surface area (Å²) in [5.41, 5.74) is 0. The number of hydrogen-bond acceptors (Lipinski definition) is 3. The molecule has 1 saturated carbocycles. The van der Waals surface area contributed by atoms with Gasteiger partial charge in [-0.25, -0.2) is 8.42 Å². The molecule has 2 rings (SSSR count). The van der Waals surface area contributed by atoms with E-state index in [4.69, 9.17) is 0 Å². The highest BCUT2D eigenvalue weighted by Crippen LogP contribution is 2.37. The number of hydrogen-bond donors (Lipinski definition) is 0. The third-order valence-electron chi connectivity index (χ3n) is 4.11. The molecule has 0 radical (unpaired) electrons. The van der Waals surface area contributed by atoms with Crippen LogP contribution in [0.1, 0.15) is 32.6 Å². The quantitative estimate of drug-likeness (QED) is 0.852. The number of nitriles is 1. The average Bonchev–Trinajstić information content (AvgIpc) is 2.47. The van der Waals surface area contributed by atoms with Gasteiger partial charge in [-0.3, -0.25) is 0 Å². The number of sulfone groups is 1. The summed E-state index contributed by atoms with van der Waals surface area (Å²) in [6.07, 6.45) is 3.27. The van der Waals surface area contributed by atoms with Crippen LogP contribution in [0.4, 0.5) is 0 Å². The van der Waals surface area contributed by atoms with Crippen molar-refractivity contribution in [3.63, 3.8) is 0 Å². The zero-order chi connectivity index (χ0) is 13.9. The summed E-state index contributed by atoms with van der Waals surface area (Å²) in [5, 5.41) is 8.67. The molecule has 0 N–H and O–H groups in total. The van der Waals surface area contributed by atoms with E-state index in [-0.39, 0.29) is 5.92 Å². The lowest BCUT2D eigenvalue weighted by molar-refractivity contribution is 0.308. The molecule has 1 fully saturated rings. The Morgan fingerprint density at radius 1 is 1.26 bits per heavy atom. The van der Waals surface area contributed by atoms with E-state index in [9.17, 15) is 13.7 Å². The molecule has 0 amide bonds. The lowest BCUT2D eigenvalue weighted by Gasteiger charge is -2.31. The first kappa shape index (κ1) is 14.1. The molecular formula is C15H19NO2S. The Morgan fingerprint density at radius 2 is 1.95 bits per heavy atom. The normalized spacial score (nSPS) is 27.7. The second-order valence-corrected chi connectivity index (χ2v) is 7.39. The molecule has 4 heteroatoms. The summed E-state index contributed by atoms with van der Waals surface area (Å²) in [7, 11) is -3.39. The zero-order valence-electron chi connectivity index (χ0n) is 11.1. The summed E-state index contributed by atoms with van der Waals surface area (Å²) in [6.45, 7) is 2.09. The van der Waals surface area contributed by atoms with Gasteiger partial charge in [-0.15, -0.1) is 0 Å². The lowest BCUT2D eigenvalue weighted by atomic mass is 9.81. The van der Waals surface area contributed by atoms with E-state index in [1.54, 1.807) is 30.3 Å². The summed E-state index contributed by atoms with van der Waals surface area (Å²) >= 11 is 0. The fourth-order valence-electron chi connectivity index (χ4n) is 2.86. The van der Waals surface area contributed by atoms with E-state index in [2.05, 4.69) is 13.0 Å². The van der Waals surface area contributed by atoms with Gasteiger partial charge in [0.2, 0.25) is 0 Å². The Balaban J connectivity index is 2.34. The van der Waals surface area contributed by atoms with Crippen LogP contribution in [0.15, 0.2) is 35.2 Å². The van der Waals surface area contributed by atoms with Gasteiger partial charge in [0, 0.05) is 0 Å². The van der Waals surface area contributed by atoms with Crippen LogP contribution in [0.5, 0.6) is 0 Å². The van der Waals surface area contributed by atoms with E-state index in [1.807, 2.05) is 0 Å². The molecule has 3 nitrogen and oxygen atoms in total. The first-order valence-electron chi connectivity index (χ1n) is 6.78. The third-order valence-corrected chi connectivity index (χ3v) is 6.36. The molecule has 3 atom stereocenters. The van der Waals surface area contributed by atoms with E-state index >= 15 is 0 Å². The maximum Gasteiger partial charge on any atom is 0.182 e. The van der Waals surface area contributed by atoms with Gasteiger partial charge in [-0.05, 0) is 37.3 Å². The monoisotopic (exact) mass is 277 g/mol. The van der Waals surface area contributed by atoms with Crippen molar-refractivity contribution in [2.45, 2.75) is 42.8 Å². The molecular weight excluding hydrogens is 258 g/mol. The summed E-state index contributed by atoms with van der Waals surface area (Å²) < 4.78 is 25.3. The lowest BCUT2D eigenvalue weighted by Crippen LogP contribution is -2.35. The first-order valence-corrected chi connectivity index (χ1v) is 8.32. The zero-order valence-corrected chi connectivity index (χ0v) is 11.9. The fourth-order valence-corrected chi connectivity index (χ4v) is 4.90. The van der Waals surface area contributed by atoms with E-state index in [1.165, 1.54) is 0 Å². The van der Waals surface area contributed by atoms with Crippen LogP contribution >= 0.6 is 0 Å². The SMILES string of the molecule is CCC1CCC(C#N)C(S(=O)(=O)c2ccccc2)C1. The third kappa shape index (κ3) is 2.82. The van der Waals surface area contributed by atoms with Crippen molar-refractivity contribution >= 4 is 9.84 Å². The van der Waals surface area contributed by atoms with Gasteiger partial charge in [0.05, 0.1) is 22.1 Å². The van der Waals surface area contributed by atoms with Crippen LogP contribution < -0.4 is 0 Å². The number of rotatable bonds is 3. The number of nitrogens with zero attached hydrogens (tertiary/aromatic N) is 1. The maximum absolute atomic E-state index is 12.7. The Hall–Kier alpha value is -1.34. The molecule has 0 saturated heterocycles. The summed E-state index contributed by atoms with van der Waals surface area (Å²) in [4.78, 5) is 0.344. The summed E-state index contributed by atoms with van der Waals surface area (Å²) in [6, 6.07) is 10.7. The minimum Gasteiger partial charge on any atom is -0.223 e. The van der Waals surface area contributed by atoms with Crippen molar-refractivity contribution in [2.24, 2.45) is 11.8 Å². The van der Waals surface area contributed by atoms with Crippen LogP contribution in [0.3, 0.4) is 0 Å². The van der Waals surface area contributed by atoms with Crippen molar-refractivity contribution in [3.05, 3.63) is 30.3 Å². The van der Waals surface area contributed by atoms with E-state index in [0.717, 1.165) is 12.8 Å². The first-order chi connectivity index (χ1) is 9.09. The summed E-state index contributed by atoms with van der Waals surface area (Å²) in [5.74, 6) is 0.0566. The molecule has 1 aromatic carbocycles. The highest BCUT2D eigenvalue weighted by molar-refractivity contribution is 7.92. The Labute approximate surface area is 115 Å². The minimum absolute atomic E-state index is 0.344. The molecule has 19 heavy (non-hydrogen) atoms. The standard InChI is InChI=1S/C15H19NO2S/c1-2-12-8-9-13(11-16)15(10-12)19(17,18)14-6-4-3-5-7-14/h3-7,12-13,15H,2,8-10H2,1H3.